The molecule has 5 nitrogen and oxygen atoms in total. The van der Waals surface area contributed by atoms with Crippen LogP contribution >= 0.6 is 0 Å². The molecule has 1 N–H and O–H groups in total. The highest BCUT2D eigenvalue weighted by Crippen LogP contribution is 2.13. The quantitative estimate of drug-likeness (QED) is 0.728. The molecular formula is C11H20N2O3. The van der Waals surface area contributed by atoms with E-state index in [1.54, 1.807) is 4.90 Å². The summed E-state index contributed by atoms with van der Waals surface area (Å²) in [5.41, 5.74) is 0. The zero-order chi connectivity index (χ0) is 12.1. The Balaban J connectivity index is 2.71. The van der Waals surface area contributed by atoms with Crippen molar-refractivity contribution in [2.45, 2.75) is 39.3 Å². The van der Waals surface area contributed by atoms with E-state index in [1.807, 2.05) is 20.8 Å². The van der Waals surface area contributed by atoms with Crippen molar-refractivity contribution in [2.75, 3.05) is 19.8 Å². The van der Waals surface area contributed by atoms with Gasteiger partial charge in [0.1, 0.15) is 6.04 Å². The van der Waals surface area contributed by atoms with Crippen molar-refractivity contribution < 1.29 is 14.3 Å². The first-order valence-electron chi connectivity index (χ1n) is 5.78. The van der Waals surface area contributed by atoms with Crippen LogP contribution < -0.4 is 5.32 Å². The smallest absolute Gasteiger partial charge is 0.243 e. The van der Waals surface area contributed by atoms with Crippen molar-refractivity contribution in [3.05, 3.63) is 0 Å². The van der Waals surface area contributed by atoms with E-state index in [2.05, 4.69) is 5.32 Å². The normalized spacial score (nSPS) is 23.2. The highest BCUT2D eigenvalue weighted by atomic mass is 16.5. The topological polar surface area (TPSA) is 58.6 Å². The van der Waals surface area contributed by atoms with E-state index >= 15 is 0 Å². The van der Waals surface area contributed by atoms with Gasteiger partial charge in [0.25, 0.3) is 0 Å². The van der Waals surface area contributed by atoms with Gasteiger partial charge in [0, 0.05) is 6.61 Å². The SMILES string of the molecule is CCOCC(C)N1C(=O)CNC(=O)C1CC. The molecule has 1 fully saturated rings. The maximum atomic E-state index is 11.8. The fourth-order valence-corrected chi connectivity index (χ4v) is 1.98. The maximum absolute atomic E-state index is 11.8. The Kier molecular flexibility index (Phi) is 4.73. The zero-order valence-electron chi connectivity index (χ0n) is 10.2. The first-order chi connectivity index (χ1) is 7.61. The predicted octanol–water partition coefficient (Wildman–Crippen LogP) is 0.148. The molecule has 2 atom stereocenters. The highest BCUT2D eigenvalue weighted by molar-refractivity contribution is 5.94. The number of carbonyl (C=O) groups is 2. The molecule has 1 aliphatic heterocycles. The molecule has 5 heteroatoms. The molecule has 2 amide bonds. The van der Waals surface area contributed by atoms with Crippen LogP contribution in [0.15, 0.2) is 0 Å². The van der Waals surface area contributed by atoms with Gasteiger partial charge in [0.15, 0.2) is 0 Å². The average Bonchev–Trinajstić information content (AvgIpc) is 2.28. The van der Waals surface area contributed by atoms with Crippen molar-refractivity contribution in [3.63, 3.8) is 0 Å². The number of hydrogen-bond acceptors (Lipinski definition) is 3. The van der Waals surface area contributed by atoms with Crippen LogP contribution in [0.1, 0.15) is 27.2 Å². The van der Waals surface area contributed by atoms with Crippen LogP contribution in [0.2, 0.25) is 0 Å². The Bertz CT molecular complexity index is 268. The van der Waals surface area contributed by atoms with Gasteiger partial charge in [-0.25, -0.2) is 0 Å². The number of ether oxygens (including phenoxy) is 1. The first kappa shape index (κ1) is 13.0. The van der Waals surface area contributed by atoms with Crippen molar-refractivity contribution in [3.8, 4) is 0 Å². The molecule has 1 heterocycles. The second kappa shape index (κ2) is 5.84. The molecule has 0 radical (unpaired) electrons. The van der Waals surface area contributed by atoms with Crippen LogP contribution in [-0.2, 0) is 14.3 Å². The number of nitrogens with one attached hydrogen (secondary N) is 1. The van der Waals surface area contributed by atoms with Gasteiger partial charge in [-0.15, -0.1) is 0 Å². The minimum Gasteiger partial charge on any atom is -0.380 e. The Hall–Kier alpha value is -1.10. The minimum atomic E-state index is -0.350. The van der Waals surface area contributed by atoms with Crippen LogP contribution in [0.25, 0.3) is 0 Å². The van der Waals surface area contributed by atoms with Gasteiger partial charge in [0.2, 0.25) is 11.8 Å². The minimum absolute atomic E-state index is 0.0290. The summed E-state index contributed by atoms with van der Waals surface area (Å²) in [6, 6.07) is -0.403. The van der Waals surface area contributed by atoms with Gasteiger partial charge in [-0.3, -0.25) is 9.59 Å². The van der Waals surface area contributed by atoms with Crippen LogP contribution in [0, 0.1) is 0 Å². The molecule has 0 saturated carbocycles. The van der Waals surface area contributed by atoms with Crippen LogP contribution in [0.3, 0.4) is 0 Å². The van der Waals surface area contributed by atoms with E-state index in [9.17, 15) is 9.59 Å². The van der Waals surface area contributed by atoms with Crippen LogP contribution in [0.5, 0.6) is 0 Å². The van der Waals surface area contributed by atoms with E-state index in [0.29, 0.717) is 19.6 Å². The van der Waals surface area contributed by atoms with E-state index in [1.165, 1.54) is 0 Å². The Morgan fingerprint density at radius 1 is 1.50 bits per heavy atom. The molecule has 92 valence electrons. The van der Waals surface area contributed by atoms with Crippen molar-refractivity contribution in [1.82, 2.24) is 10.2 Å². The Labute approximate surface area is 96.1 Å². The fourth-order valence-electron chi connectivity index (χ4n) is 1.98. The van der Waals surface area contributed by atoms with Crippen molar-refractivity contribution >= 4 is 11.8 Å². The fraction of sp³-hybridized carbons (Fsp3) is 0.818. The van der Waals surface area contributed by atoms with Gasteiger partial charge in [-0.1, -0.05) is 6.92 Å². The lowest BCUT2D eigenvalue weighted by Gasteiger charge is -2.38. The summed E-state index contributed by atoms with van der Waals surface area (Å²) in [4.78, 5) is 25.0. The molecule has 0 aromatic carbocycles. The maximum Gasteiger partial charge on any atom is 0.243 e. The van der Waals surface area contributed by atoms with Gasteiger partial charge >= 0.3 is 0 Å². The molecule has 1 aliphatic rings. The molecule has 0 aliphatic carbocycles. The summed E-state index contributed by atoms with van der Waals surface area (Å²) in [5.74, 6) is -0.0934. The monoisotopic (exact) mass is 228 g/mol. The standard InChI is InChI=1S/C11H20N2O3/c1-4-9-11(15)12-6-10(14)13(9)8(3)7-16-5-2/h8-9H,4-7H2,1-3H3,(H,12,15). The molecule has 1 rings (SSSR count). The summed E-state index contributed by atoms with van der Waals surface area (Å²) in [6.07, 6.45) is 0.633. The second-order valence-corrected chi connectivity index (χ2v) is 3.95. The van der Waals surface area contributed by atoms with Crippen LogP contribution in [-0.4, -0.2) is 48.6 Å². The summed E-state index contributed by atoms with van der Waals surface area (Å²) in [6.45, 7) is 6.93. The predicted molar refractivity (Wildman–Crippen MR) is 59.9 cm³/mol. The third-order valence-electron chi connectivity index (χ3n) is 2.77. The Morgan fingerprint density at radius 3 is 2.75 bits per heavy atom. The lowest BCUT2D eigenvalue weighted by Crippen LogP contribution is -2.61. The molecule has 2 unspecified atom stereocenters. The molecular weight excluding hydrogens is 208 g/mol. The van der Waals surface area contributed by atoms with Crippen LogP contribution in [0.4, 0.5) is 0 Å². The van der Waals surface area contributed by atoms with Gasteiger partial charge < -0.3 is 15.0 Å². The molecule has 0 bridgehead atoms. The highest BCUT2D eigenvalue weighted by Gasteiger charge is 2.35. The lowest BCUT2D eigenvalue weighted by atomic mass is 10.1. The van der Waals surface area contributed by atoms with Gasteiger partial charge in [-0.2, -0.15) is 0 Å². The Morgan fingerprint density at radius 2 is 2.19 bits per heavy atom. The van der Waals surface area contributed by atoms with Gasteiger partial charge in [0.05, 0.1) is 19.2 Å². The summed E-state index contributed by atoms with van der Waals surface area (Å²) < 4.78 is 5.30. The zero-order valence-corrected chi connectivity index (χ0v) is 10.2. The number of carbonyl (C=O) groups excluding carboxylic acids is 2. The number of amides is 2. The summed E-state index contributed by atoms with van der Waals surface area (Å²) in [7, 11) is 0. The molecule has 0 aromatic rings. The third kappa shape index (κ3) is 2.72. The molecule has 1 saturated heterocycles. The van der Waals surface area contributed by atoms with Crippen molar-refractivity contribution in [2.24, 2.45) is 0 Å². The molecule has 16 heavy (non-hydrogen) atoms. The summed E-state index contributed by atoms with van der Waals surface area (Å²) in [5, 5.41) is 2.60. The first-order valence-corrected chi connectivity index (χ1v) is 5.78. The van der Waals surface area contributed by atoms with E-state index in [-0.39, 0.29) is 30.4 Å². The summed E-state index contributed by atoms with van der Waals surface area (Å²) >= 11 is 0. The average molecular weight is 228 g/mol. The number of rotatable bonds is 5. The number of nitrogens with zero attached hydrogens (tertiary/aromatic N) is 1. The molecule has 0 spiro atoms. The number of piperazine rings is 1. The second-order valence-electron chi connectivity index (χ2n) is 3.95. The third-order valence-corrected chi connectivity index (χ3v) is 2.77. The van der Waals surface area contributed by atoms with E-state index < -0.39 is 0 Å². The van der Waals surface area contributed by atoms with Gasteiger partial charge in [-0.05, 0) is 20.3 Å². The van der Waals surface area contributed by atoms with E-state index in [0.717, 1.165) is 0 Å². The van der Waals surface area contributed by atoms with E-state index in [4.69, 9.17) is 4.74 Å². The largest absolute Gasteiger partial charge is 0.380 e. The lowest BCUT2D eigenvalue weighted by molar-refractivity contribution is -0.149. The molecule has 0 aromatic heterocycles. The van der Waals surface area contributed by atoms with Crippen molar-refractivity contribution in [1.29, 1.82) is 0 Å². The number of hydrogen-bond donors (Lipinski definition) is 1.